The van der Waals surface area contributed by atoms with Crippen LogP contribution in [0.4, 0.5) is 0 Å². The zero-order valence-corrected chi connectivity index (χ0v) is 14.9. The summed E-state index contributed by atoms with van der Waals surface area (Å²) in [6.07, 6.45) is 3.57. The van der Waals surface area contributed by atoms with Gasteiger partial charge in [0.05, 0.1) is 18.4 Å². The summed E-state index contributed by atoms with van der Waals surface area (Å²) in [5.41, 5.74) is 2.63. The zero-order valence-electron chi connectivity index (χ0n) is 14.9. The number of aromatic nitrogens is 2. The van der Waals surface area contributed by atoms with Crippen molar-refractivity contribution < 1.29 is 14.1 Å². The molecule has 0 bridgehead atoms. The van der Waals surface area contributed by atoms with Crippen molar-refractivity contribution in [1.29, 1.82) is 0 Å². The highest BCUT2D eigenvalue weighted by Crippen LogP contribution is 2.19. The Balaban J connectivity index is 1.58. The van der Waals surface area contributed by atoms with Crippen LogP contribution in [0.2, 0.25) is 0 Å². The lowest BCUT2D eigenvalue weighted by atomic mass is 10.0. The van der Waals surface area contributed by atoms with Crippen LogP contribution in [0.5, 0.6) is 5.88 Å². The number of methoxy groups -OCH3 is 1. The Labute approximate surface area is 147 Å². The lowest BCUT2D eigenvalue weighted by Gasteiger charge is -2.33. The summed E-state index contributed by atoms with van der Waals surface area (Å²) in [6, 6.07) is 3.55. The molecule has 7 nitrogen and oxygen atoms in total. The highest BCUT2D eigenvalue weighted by molar-refractivity contribution is 5.94. The maximum atomic E-state index is 12.4. The Kier molecular flexibility index (Phi) is 5.33. The fourth-order valence-corrected chi connectivity index (χ4v) is 3.17. The van der Waals surface area contributed by atoms with Gasteiger partial charge in [-0.25, -0.2) is 4.98 Å². The average molecular weight is 344 g/mol. The molecular formula is C18H24N4O3. The minimum atomic E-state index is -0.0978. The first-order valence-electron chi connectivity index (χ1n) is 8.52. The summed E-state index contributed by atoms with van der Waals surface area (Å²) in [5.74, 6) is 1.27. The van der Waals surface area contributed by atoms with Crippen LogP contribution in [0.25, 0.3) is 0 Å². The largest absolute Gasteiger partial charge is 0.481 e. The number of ether oxygens (including phenoxy) is 1. The minimum absolute atomic E-state index is 0.0978. The Bertz CT molecular complexity index is 707. The number of aryl methyl sites for hydroxylation is 2. The van der Waals surface area contributed by atoms with E-state index in [-0.39, 0.29) is 11.9 Å². The van der Waals surface area contributed by atoms with E-state index in [0.717, 1.165) is 49.5 Å². The highest BCUT2D eigenvalue weighted by Gasteiger charge is 2.23. The smallest absolute Gasteiger partial charge is 0.253 e. The second kappa shape index (κ2) is 7.65. The molecule has 1 atom stereocenters. The van der Waals surface area contributed by atoms with Crippen molar-refractivity contribution in [3.63, 3.8) is 0 Å². The number of amides is 1. The predicted molar refractivity (Wildman–Crippen MR) is 92.5 cm³/mol. The van der Waals surface area contributed by atoms with Crippen molar-refractivity contribution in [2.75, 3.05) is 20.2 Å². The standard InChI is InChI=1S/C18H24N4O3/c1-12-16(13(2)25-21-12)11-22-8-4-5-15(10-22)20-18(23)14-6-7-17(24-3)19-9-14/h6-7,9,15H,4-5,8,10-11H2,1-3H3,(H,20,23)/t15-/m0/s1. The van der Waals surface area contributed by atoms with E-state index in [4.69, 9.17) is 9.26 Å². The number of hydrogen-bond acceptors (Lipinski definition) is 6. The molecule has 0 aromatic carbocycles. The minimum Gasteiger partial charge on any atom is -0.481 e. The number of pyridine rings is 1. The Morgan fingerprint density at radius 3 is 2.92 bits per heavy atom. The van der Waals surface area contributed by atoms with Crippen LogP contribution in [0.15, 0.2) is 22.9 Å². The molecule has 1 N–H and O–H groups in total. The van der Waals surface area contributed by atoms with Crippen LogP contribution in [0.1, 0.15) is 40.2 Å². The number of likely N-dealkylation sites (tertiary alicyclic amines) is 1. The number of nitrogens with zero attached hydrogens (tertiary/aromatic N) is 3. The van der Waals surface area contributed by atoms with Gasteiger partial charge in [-0.05, 0) is 39.3 Å². The zero-order chi connectivity index (χ0) is 17.8. The maximum absolute atomic E-state index is 12.4. The molecule has 0 unspecified atom stereocenters. The van der Waals surface area contributed by atoms with Gasteiger partial charge in [0, 0.05) is 37.0 Å². The second-order valence-electron chi connectivity index (χ2n) is 6.44. The number of carbonyl (C=O) groups is 1. The maximum Gasteiger partial charge on any atom is 0.253 e. The first-order chi connectivity index (χ1) is 12.1. The SMILES string of the molecule is COc1ccc(C(=O)N[C@H]2CCCN(Cc3c(C)noc3C)C2)cn1. The topological polar surface area (TPSA) is 80.5 Å². The monoisotopic (exact) mass is 344 g/mol. The van der Waals surface area contributed by atoms with Gasteiger partial charge in [-0.2, -0.15) is 0 Å². The van der Waals surface area contributed by atoms with Crippen molar-refractivity contribution in [2.45, 2.75) is 39.3 Å². The fraction of sp³-hybridized carbons (Fsp3) is 0.500. The molecule has 1 saturated heterocycles. The van der Waals surface area contributed by atoms with Gasteiger partial charge in [0.25, 0.3) is 5.91 Å². The summed E-state index contributed by atoms with van der Waals surface area (Å²) in [4.78, 5) is 18.8. The van der Waals surface area contributed by atoms with Gasteiger partial charge >= 0.3 is 0 Å². The van der Waals surface area contributed by atoms with E-state index in [0.29, 0.717) is 11.4 Å². The molecule has 3 rings (SSSR count). The molecule has 0 saturated carbocycles. The highest BCUT2D eigenvalue weighted by atomic mass is 16.5. The van der Waals surface area contributed by atoms with Crippen molar-refractivity contribution in [3.05, 3.63) is 40.9 Å². The normalized spacial score (nSPS) is 18.1. The summed E-state index contributed by atoms with van der Waals surface area (Å²) in [7, 11) is 1.55. The van der Waals surface area contributed by atoms with Gasteiger partial charge in [0.2, 0.25) is 5.88 Å². The van der Waals surface area contributed by atoms with Crippen molar-refractivity contribution in [2.24, 2.45) is 0 Å². The van der Waals surface area contributed by atoms with E-state index >= 15 is 0 Å². The van der Waals surface area contributed by atoms with Gasteiger partial charge in [0.1, 0.15) is 5.76 Å². The van der Waals surface area contributed by atoms with Gasteiger partial charge in [-0.15, -0.1) is 0 Å². The van der Waals surface area contributed by atoms with E-state index in [1.165, 1.54) is 0 Å². The molecular weight excluding hydrogens is 320 g/mol. The second-order valence-corrected chi connectivity index (χ2v) is 6.44. The van der Waals surface area contributed by atoms with Gasteiger partial charge in [-0.1, -0.05) is 5.16 Å². The molecule has 0 aliphatic carbocycles. The Hall–Kier alpha value is -2.41. The third kappa shape index (κ3) is 4.17. The first-order valence-corrected chi connectivity index (χ1v) is 8.52. The molecule has 1 aliphatic heterocycles. The van der Waals surface area contributed by atoms with Gasteiger partial charge in [-0.3, -0.25) is 9.69 Å². The quantitative estimate of drug-likeness (QED) is 0.894. The predicted octanol–water partition coefficient (Wildman–Crippen LogP) is 2.09. The van der Waals surface area contributed by atoms with E-state index in [2.05, 4.69) is 20.4 Å². The molecule has 134 valence electrons. The molecule has 0 radical (unpaired) electrons. The van der Waals surface area contributed by atoms with Crippen molar-refractivity contribution in [3.8, 4) is 5.88 Å². The fourth-order valence-electron chi connectivity index (χ4n) is 3.17. The average Bonchev–Trinajstić information content (AvgIpc) is 2.94. The Morgan fingerprint density at radius 2 is 2.28 bits per heavy atom. The molecule has 25 heavy (non-hydrogen) atoms. The lowest BCUT2D eigenvalue weighted by molar-refractivity contribution is 0.0900. The van der Waals surface area contributed by atoms with E-state index in [1.54, 1.807) is 25.4 Å². The first kappa shape index (κ1) is 17.4. The van der Waals surface area contributed by atoms with Crippen LogP contribution in [0, 0.1) is 13.8 Å². The van der Waals surface area contributed by atoms with Crippen LogP contribution in [-0.4, -0.2) is 47.2 Å². The van der Waals surface area contributed by atoms with Crippen molar-refractivity contribution >= 4 is 5.91 Å². The molecule has 7 heteroatoms. The van der Waals surface area contributed by atoms with Crippen LogP contribution >= 0.6 is 0 Å². The number of hydrogen-bond donors (Lipinski definition) is 1. The summed E-state index contributed by atoms with van der Waals surface area (Å²) in [5, 5.41) is 7.13. The third-order valence-electron chi connectivity index (χ3n) is 4.61. The molecule has 2 aromatic rings. The molecule has 0 spiro atoms. The van der Waals surface area contributed by atoms with Crippen LogP contribution < -0.4 is 10.1 Å². The molecule has 1 aliphatic rings. The molecule has 1 amide bonds. The number of carbonyl (C=O) groups excluding carboxylic acids is 1. The number of nitrogens with one attached hydrogen (secondary N) is 1. The lowest BCUT2D eigenvalue weighted by Crippen LogP contribution is -2.47. The number of rotatable bonds is 5. The Morgan fingerprint density at radius 1 is 1.44 bits per heavy atom. The molecule has 3 heterocycles. The van der Waals surface area contributed by atoms with E-state index < -0.39 is 0 Å². The summed E-state index contributed by atoms with van der Waals surface area (Å²) >= 11 is 0. The summed E-state index contributed by atoms with van der Waals surface area (Å²) < 4.78 is 10.3. The van der Waals surface area contributed by atoms with Gasteiger partial charge < -0.3 is 14.6 Å². The van der Waals surface area contributed by atoms with E-state index in [9.17, 15) is 4.79 Å². The molecule has 2 aromatic heterocycles. The summed E-state index contributed by atoms with van der Waals surface area (Å²) in [6.45, 7) is 6.54. The molecule has 1 fully saturated rings. The van der Waals surface area contributed by atoms with Gasteiger partial charge in [0.15, 0.2) is 0 Å². The van der Waals surface area contributed by atoms with Crippen LogP contribution in [0.3, 0.4) is 0 Å². The third-order valence-corrected chi connectivity index (χ3v) is 4.61. The number of piperidine rings is 1. The van der Waals surface area contributed by atoms with Crippen LogP contribution in [-0.2, 0) is 6.54 Å². The van der Waals surface area contributed by atoms with Crippen molar-refractivity contribution in [1.82, 2.24) is 20.4 Å². The van der Waals surface area contributed by atoms with E-state index in [1.807, 2.05) is 13.8 Å².